The van der Waals surface area contributed by atoms with Crippen LogP contribution in [0.5, 0.6) is 0 Å². The number of aromatic amines is 1. The van der Waals surface area contributed by atoms with E-state index in [9.17, 15) is 0 Å². The van der Waals surface area contributed by atoms with Crippen molar-refractivity contribution in [3.8, 4) is 6.07 Å². The van der Waals surface area contributed by atoms with Gasteiger partial charge in [-0.25, -0.2) is 4.98 Å². The average molecular weight is 240 g/mol. The first-order chi connectivity index (χ1) is 7.31. The van der Waals surface area contributed by atoms with Crippen LogP contribution in [0.15, 0.2) is 0 Å². The van der Waals surface area contributed by atoms with Crippen LogP contribution in [0.2, 0.25) is 0 Å². The number of hydrogen-bond acceptors (Lipinski definition) is 5. The Bertz CT molecular complexity index is 370. The topological polar surface area (TPSA) is 65.4 Å². The molecule has 1 aromatic rings. The minimum absolute atomic E-state index is 0.311. The highest BCUT2D eigenvalue weighted by molar-refractivity contribution is 8.06. The lowest BCUT2D eigenvalue weighted by molar-refractivity contribution is 0.829. The van der Waals surface area contributed by atoms with Crippen LogP contribution in [0, 0.1) is 11.3 Å². The van der Waals surface area contributed by atoms with E-state index in [2.05, 4.69) is 28.2 Å². The summed E-state index contributed by atoms with van der Waals surface area (Å²) >= 11 is 3.87. The van der Waals surface area contributed by atoms with Crippen molar-refractivity contribution < 1.29 is 0 Å². The molecular formula is C9H12N4S2. The summed E-state index contributed by atoms with van der Waals surface area (Å²) in [5, 5.41) is 16.5. The quantitative estimate of drug-likeness (QED) is 0.853. The number of nitrogens with one attached hydrogen (secondary N) is 1. The van der Waals surface area contributed by atoms with Gasteiger partial charge in [0.25, 0.3) is 0 Å². The fourth-order valence-electron chi connectivity index (χ4n) is 1.51. The molecule has 1 N–H and O–H groups in total. The van der Waals surface area contributed by atoms with E-state index in [0.717, 1.165) is 11.6 Å². The van der Waals surface area contributed by atoms with E-state index >= 15 is 0 Å². The van der Waals surface area contributed by atoms with Crippen LogP contribution >= 0.6 is 23.5 Å². The Hall–Kier alpha value is -0.670. The lowest BCUT2D eigenvalue weighted by Crippen LogP contribution is -2.16. The number of aromatic nitrogens is 3. The maximum atomic E-state index is 8.54. The van der Waals surface area contributed by atoms with Gasteiger partial charge in [0.1, 0.15) is 5.82 Å². The third-order valence-corrected chi connectivity index (χ3v) is 5.32. The third kappa shape index (κ3) is 2.47. The van der Waals surface area contributed by atoms with E-state index < -0.39 is 0 Å². The maximum absolute atomic E-state index is 8.54. The van der Waals surface area contributed by atoms with Crippen molar-refractivity contribution >= 4 is 23.5 Å². The van der Waals surface area contributed by atoms with Gasteiger partial charge in [-0.05, 0) is 0 Å². The predicted octanol–water partition coefficient (Wildman–Crippen LogP) is 1.78. The van der Waals surface area contributed by atoms with Gasteiger partial charge in [0.05, 0.1) is 17.7 Å². The molecule has 2 unspecified atom stereocenters. The summed E-state index contributed by atoms with van der Waals surface area (Å²) in [5.74, 6) is 3.89. The molecule has 0 spiro atoms. The summed E-state index contributed by atoms with van der Waals surface area (Å²) < 4.78 is 0. The molecule has 0 aromatic carbocycles. The summed E-state index contributed by atoms with van der Waals surface area (Å²) in [6.07, 6.45) is 0.311. The molecule has 2 atom stereocenters. The van der Waals surface area contributed by atoms with Gasteiger partial charge in [-0.15, -0.1) is 11.8 Å². The molecule has 1 aromatic heterocycles. The Morgan fingerprint density at radius 3 is 3.07 bits per heavy atom. The van der Waals surface area contributed by atoms with E-state index in [-0.39, 0.29) is 0 Å². The second-order valence-corrected chi connectivity index (χ2v) is 6.08. The number of thioether (sulfide) groups is 2. The highest BCUT2D eigenvalue weighted by Crippen LogP contribution is 2.40. The average Bonchev–Trinajstić information content (AvgIpc) is 2.68. The van der Waals surface area contributed by atoms with Crippen LogP contribution in [0.4, 0.5) is 0 Å². The molecule has 1 aliphatic rings. The summed E-state index contributed by atoms with van der Waals surface area (Å²) in [6, 6.07) is 2.07. The highest BCUT2D eigenvalue weighted by Gasteiger charge is 2.27. The molecule has 4 nitrogen and oxygen atoms in total. The molecule has 15 heavy (non-hydrogen) atoms. The molecule has 0 bridgehead atoms. The number of rotatable bonds is 2. The first kappa shape index (κ1) is 10.8. The SMILES string of the molecule is CC1SCCSC1c1n[nH]c(CC#N)n1. The Kier molecular flexibility index (Phi) is 3.54. The minimum atomic E-state index is 0.311. The van der Waals surface area contributed by atoms with Crippen molar-refractivity contribution in [1.82, 2.24) is 15.2 Å². The first-order valence-electron chi connectivity index (χ1n) is 4.82. The summed E-state index contributed by atoms with van der Waals surface area (Å²) in [6.45, 7) is 2.21. The maximum Gasteiger partial charge on any atom is 0.164 e. The standard InChI is InChI=1S/C9H12N4S2/c1-6-8(15-5-4-14-6)9-11-7(2-3-10)12-13-9/h6,8H,2,4-5H2,1H3,(H,11,12,13). The van der Waals surface area contributed by atoms with Crippen molar-refractivity contribution in [3.63, 3.8) is 0 Å². The highest BCUT2D eigenvalue weighted by atomic mass is 32.2. The van der Waals surface area contributed by atoms with Crippen molar-refractivity contribution in [3.05, 3.63) is 11.6 Å². The normalized spacial score (nSPS) is 26.1. The second-order valence-electron chi connectivity index (χ2n) is 3.34. The van der Waals surface area contributed by atoms with Gasteiger partial charge in [-0.1, -0.05) is 6.92 Å². The smallest absolute Gasteiger partial charge is 0.164 e. The zero-order valence-electron chi connectivity index (χ0n) is 8.43. The first-order valence-corrected chi connectivity index (χ1v) is 6.92. The number of H-pyrrole nitrogens is 1. The van der Waals surface area contributed by atoms with Crippen LogP contribution in [-0.4, -0.2) is 31.9 Å². The Balaban J connectivity index is 2.10. The molecule has 1 aliphatic heterocycles. The number of nitrogens with zero attached hydrogens (tertiary/aromatic N) is 3. The van der Waals surface area contributed by atoms with Crippen molar-refractivity contribution in [2.45, 2.75) is 23.8 Å². The monoisotopic (exact) mass is 240 g/mol. The van der Waals surface area contributed by atoms with Gasteiger partial charge < -0.3 is 0 Å². The number of hydrogen-bond donors (Lipinski definition) is 1. The van der Waals surface area contributed by atoms with Crippen LogP contribution < -0.4 is 0 Å². The zero-order chi connectivity index (χ0) is 10.7. The van der Waals surface area contributed by atoms with Crippen LogP contribution in [-0.2, 0) is 6.42 Å². The lowest BCUT2D eigenvalue weighted by Gasteiger charge is -2.25. The largest absolute Gasteiger partial charge is 0.262 e. The van der Waals surface area contributed by atoms with Gasteiger partial charge in [0.2, 0.25) is 0 Å². The van der Waals surface area contributed by atoms with Crippen LogP contribution in [0.3, 0.4) is 0 Å². The van der Waals surface area contributed by atoms with Gasteiger partial charge >= 0.3 is 0 Å². The molecule has 2 rings (SSSR count). The minimum Gasteiger partial charge on any atom is -0.262 e. The fourth-order valence-corrected chi connectivity index (χ4v) is 4.20. The van der Waals surface area contributed by atoms with Crippen LogP contribution in [0.25, 0.3) is 0 Å². The summed E-state index contributed by atoms with van der Waals surface area (Å²) in [5.41, 5.74) is 0. The van der Waals surface area contributed by atoms with Gasteiger partial charge in [-0.2, -0.15) is 22.1 Å². The lowest BCUT2D eigenvalue weighted by atomic mass is 10.3. The second kappa shape index (κ2) is 4.90. The van der Waals surface area contributed by atoms with E-state index in [1.165, 1.54) is 5.75 Å². The van der Waals surface area contributed by atoms with Gasteiger partial charge in [0.15, 0.2) is 5.82 Å². The van der Waals surface area contributed by atoms with E-state index in [4.69, 9.17) is 5.26 Å². The Morgan fingerprint density at radius 1 is 1.53 bits per heavy atom. The van der Waals surface area contributed by atoms with E-state index in [1.807, 2.05) is 23.5 Å². The molecule has 2 heterocycles. The van der Waals surface area contributed by atoms with Crippen LogP contribution in [0.1, 0.15) is 23.8 Å². The molecule has 0 saturated carbocycles. The molecule has 1 fully saturated rings. The summed E-state index contributed by atoms with van der Waals surface area (Å²) in [7, 11) is 0. The molecule has 0 radical (unpaired) electrons. The molecular weight excluding hydrogens is 228 g/mol. The van der Waals surface area contributed by atoms with Crippen molar-refractivity contribution in [1.29, 1.82) is 5.26 Å². The molecule has 1 saturated heterocycles. The third-order valence-electron chi connectivity index (χ3n) is 2.24. The molecule has 80 valence electrons. The molecule has 0 amide bonds. The Morgan fingerprint density at radius 2 is 2.33 bits per heavy atom. The fraction of sp³-hybridized carbons (Fsp3) is 0.667. The zero-order valence-corrected chi connectivity index (χ0v) is 10.1. The Labute approximate surface area is 97.2 Å². The van der Waals surface area contributed by atoms with Gasteiger partial charge in [0, 0.05) is 16.8 Å². The number of nitriles is 1. The van der Waals surface area contributed by atoms with Crippen molar-refractivity contribution in [2.24, 2.45) is 0 Å². The van der Waals surface area contributed by atoms with E-state index in [1.54, 1.807) is 0 Å². The summed E-state index contributed by atoms with van der Waals surface area (Å²) in [4.78, 5) is 4.35. The van der Waals surface area contributed by atoms with E-state index in [0.29, 0.717) is 22.7 Å². The molecule has 0 aliphatic carbocycles. The molecule has 6 heteroatoms. The van der Waals surface area contributed by atoms with Gasteiger partial charge in [-0.3, -0.25) is 5.10 Å². The predicted molar refractivity (Wildman–Crippen MR) is 62.8 cm³/mol. The van der Waals surface area contributed by atoms with Crippen molar-refractivity contribution in [2.75, 3.05) is 11.5 Å².